The molecule has 1 atom stereocenters. The van der Waals surface area contributed by atoms with Gasteiger partial charge in [0.1, 0.15) is 5.69 Å². The molecule has 3 N–H and O–H groups in total. The zero-order valence-electron chi connectivity index (χ0n) is 10.4. The Morgan fingerprint density at radius 2 is 2.44 bits per heavy atom. The van der Waals surface area contributed by atoms with Crippen molar-refractivity contribution in [2.75, 3.05) is 13.6 Å². The number of nitrogens with one attached hydrogen (secondary N) is 3. The number of furan rings is 1. The molecular formula is C12H16N4O2. The minimum absolute atomic E-state index is 0.203. The molecule has 2 heterocycles. The fourth-order valence-electron chi connectivity index (χ4n) is 1.43. The lowest BCUT2D eigenvalue weighted by molar-refractivity contribution is 0.0945. The Bertz CT molecular complexity index is 504. The smallest absolute Gasteiger partial charge is 0.271 e. The number of aromatic nitrogens is 2. The quantitative estimate of drug-likeness (QED) is 0.737. The number of carbonyl (C=O) groups is 1. The van der Waals surface area contributed by atoms with Gasteiger partial charge in [-0.05, 0) is 26.1 Å². The van der Waals surface area contributed by atoms with Crippen molar-refractivity contribution >= 4 is 5.91 Å². The summed E-state index contributed by atoms with van der Waals surface area (Å²) in [7, 11) is 1.85. The summed E-state index contributed by atoms with van der Waals surface area (Å²) in [5.74, 6) is 0.455. The van der Waals surface area contributed by atoms with E-state index in [0.717, 1.165) is 0 Å². The maximum Gasteiger partial charge on any atom is 0.271 e. The molecule has 1 unspecified atom stereocenters. The van der Waals surface area contributed by atoms with E-state index in [0.29, 0.717) is 23.7 Å². The molecule has 18 heavy (non-hydrogen) atoms. The topological polar surface area (TPSA) is 83.0 Å². The van der Waals surface area contributed by atoms with Crippen LogP contribution in [-0.2, 0) is 0 Å². The maximum absolute atomic E-state index is 11.8. The van der Waals surface area contributed by atoms with Gasteiger partial charge in [-0.25, -0.2) is 0 Å². The molecule has 6 heteroatoms. The lowest BCUT2D eigenvalue weighted by atomic mass is 10.3. The van der Waals surface area contributed by atoms with E-state index in [1.54, 1.807) is 24.5 Å². The van der Waals surface area contributed by atoms with Crippen LogP contribution in [-0.4, -0.2) is 35.7 Å². The molecule has 0 saturated carbocycles. The third kappa shape index (κ3) is 2.78. The van der Waals surface area contributed by atoms with Gasteiger partial charge in [-0.2, -0.15) is 5.10 Å². The van der Waals surface area contributed by atoms with E-state index in [1.807, 2.05) is 14.0 Å². The Balaban J connectivity index is 1.99. The van der Waals surface area contributed by atoms with Gasteiger partial charge in [0.25, 0.3) is 5.91 Å². The number of likely N-dealkylation sites (N-methyl/N-ethyl adjacent to an activating group) is 1. The van der Waals surface area contributed by atoms with Crippen molar-refractivity contribution in [2.45, 2.75) is 13.0 Å². The van der Waals surface area contributed by atoms with E-state index in [2.05, 4.69) is 20.8 Å². The third-order valence-electron chi connectivity index (χ3n) is 2.66. The molecule has 0 spiro atoms. The third-order valence-corrected chi connectivity index (χ3v) is 2.66. The van der Waals surface area contributed by atoms with Crippen molar-refractivity contribution in [3.63, 3.8) is 0 Å². The van der Waals surface area contributed by atoms with Gasteiger partial charge in [0.05, 0.1) is 6.26 Å². The van der Waals surface area contributed by atoms with Crippen LogP contribution in [0.3, 0.4) is 0 Å². The summed E-state index contributed by atoms with van der Waals surface area (Å²) in [6.45, 7) is 2.54. The summed E-state index contributed by atoms with van der Waals surface area (Å²) in [4.78, 5) is 11.8. The van der Waals surface area contributed by atoms with Crippen LogP contribution in [0.25, 0.3) is 11.5 Å². The molecule has 0 saturated heterocycles. The molecule has 2 rings (SSSR count). The first-order chi connectivity index (χ1) is 8.70. The summed E-state index contributed by atoms with van der Waals surface area (Å²) < 4.78 is 5.22. The van der Waals surface area contributed by atoms with Crippen LogP contribution in [0.2, 0.25) is 0 Å². The fourth-order valence-corrected chi connectivity index (χ4v) is 1.43. The largest absolute Gasteiger partial charge is 0.463 e. The number of rotatable bonds is 5. The van der Waals surface area contributed by atoms with Crippen molar-refractivity contribution in [3.8, 4) is 11.5 Å². The van der Waals surface area contributed by atoms with Gasteiger partial charge < -0.3 is 15.1 Å². The highest BCUT2D eigenvalue weighted by Gasteiger charge is 2.12. The summed E-state index contributed by atoms with van der Waals surface area (Å²) in [6.07, 6.45) is 1.57. The second kappa shape index (κ2) is 5.50. The van der Waals surface area contributed by atoms with Crippen molar-refractivity contribution in [1.29, 1.82) is 0 Å². The van der Waals surface area contributed by atoms with E-state index >= 15 is 0 Å². The molecule has 2 aromatic rings. The first-order valence-corrected chi connectivity index (χ1v) is 5.75. The number of carbonyl (C=O) groups excluding carboxylic acids is 1. The van der Waals surface area contributed by atoms with Crippen LogP contribution in [0.1, 0.15) is 17.4 Å². The Morgan fingerprint density at radius 1 is 1.61 bits per heavy atom. The molecule has 0 bridgehead atoms. The van der Waals surface area contributed by atoms with Gasteiger partial charge in [-0.1, -0.05) is 0 Å². The fraction of sp³-hybridized carbons (Fsp3) is 0.333. The summed E-state index contributed by atoms with van der Waals surface area (Å²) in [5, 5.41) is 12.6. The first kappa shape index (κ1) is 12.4. The lowest BCUT2D eigenvalue weighted by Gasteiger charge is -2.09. The van der Waals surface area contributed by atoms with Crippen molar-refractivity contribution < 1.29 is 9.21 Å². The second-order valence-corrected chi connectivity index (χ2v) is 4.04. The molecular weight excluding hydrogens is 232 g/mol. The summed E-state index contributed by atoms with van der Waals surface area (Å²) >= 11 is 0. The number of hydrogen-bond donors (Lipinski definition) is 3. The van der Waals surface area contributed by atoms with Crippen LogP contribution in [0.5, 0.6) is 0 Å². The average Bonchev–Trinajstić information content (AvgIpc) is 3.04. The van der Waals surface area contributed by atoms with Gasteiger partial charge >= 0.3 is 0 Å². The molecule has 2 aromatic heterocycles. The molecule has 6 nitrogen and oxygen atoms in total. The normalized spacial score (nSPS) is 12.3. The van der Waals surface area contributed by atoms with Crippen LogP contribution < -0.4 is 10.6 Å². The van der Waals surface area contributed by atoms with Crippen LogP contribution in [0.15, 0.2) is 28.9 Å². The molecule has 0 radical (unpaired) electrons. The monoisotopic (exact) mass is 248 g/mol. The van der Waals surface area contributed by atoms with Crippen LogP contribution in [0.4, 0.5) is 0 Å². The Labute approximate surface area is 105 Å². The van der Waals surface area contributed by atoms with Gasteiger partial charge in [0.2, 0.25) is 0 Å². The number of hydrogen-bond acceptors (Lipinski definition) is 4. The molecule has 0 aliphatic carbocycles. The Kier molecular flexibility index (Phi) is 3.78. The highest BCUT2D eigenvalue weighted by Crippen LogP contribution is 2.17. The molecule has 96 valence electrons. The zero-order valence-corrected chi connectivity index (χ0v) is 10.4. The van der Waals surface area contributed by atoms with Gasteiger partial charge in [-0.15, -0.1) is 0 Å². The van der Waals surface area contributed by atoms with Crippen molar-refractivity contribution in [1.82, 2.24) is 20.8 Å². The molecule has 0 aliphatic heterocycles. The minimum Gasteiger partial charge on any atom is -0.463 e. The zero-order chi connectivity index (χ0) is 13.0. The molecule has 1 amide bonds. The SMILES string of the molecule is CNC(C)CNC(=O)c1cc(-c2ccco2)[nH]n1. The lowest BCUT2D eigenvalue weighted by Crippen LogP contribution is -2.37. The highest BCUT2D eigenvalue weighted by atomic mass is 16.3. The summed E-state index contributed by atoms with van der Waals surface area (Å²) in [5.41, 5.74) is 1.04. The van der Waals surface area contributed by atoms with E-state index in [4.69, 9.17) is 4.42 Å². The molecule has 0 aliphatic rings. The van der Waals surface area contributed by atoms with E-state index in [-0.39, 0.29) is 11.9 Å². The molecule has 0 aromatic carbocycles. The Morgan fingerprint density at radius 3 is 3.11 bits per heavy atom. The van der Waals surface area contributed by atoms with Crippen LogP contribution >= 0.6 is 0 Å². The number of H-pyrrole nitrogens is 1. The molecule has 0 fully saturated rings. The van der Waals surface area contributed by atoms with Gasteiger partial charge in [0, 0.05) is 18.7 Å². The maximum atomic E-state index is 11.8. The average molecular weight is 248 g/mol. The predicted octanol–water partition coefficient (Wildman–Crippen LogP) is 1.01. The van der Waals surface area contributed by atoms with E-state index in [9.17, 15) is 4.79 Å². The number of aromatic amines is 1. The van der Waals surface area contributed by atoms with Gasteiger partial charge in [-0.3, -0.25) is 9.89 Å². The minimum atomic E-state index is -0.203. The van der Waals surface area contributed by atoms with Gasteiger partial charge in [0.15, 0.2) is 11.5 Å². The number of nitrogens with zero attached hydrogens (tertiary/aromatic N) is 1. The number of amides is 1. The van der Waals surface area contributed by atoms with Crippen molar-refractivity contribution in [2.24, 2.45) is 0 Å². The Hall–Kier alpha value is -2.08. The second-order valence-electron chi connectivity index (χ2n) is 4.04. The standard InChI is InChI=1S/C12H16N4O2/c1-8(13-2)7-14-12(17)10-6-9(15-16-10)11-4-3-5-18-11/h3-6,8,13H,7H2,1-2H3,(H,14,17)(H,15,16). The van der Waals surface area contributed by atoms with E-state index in [1.165, 1.54) is 0 Å². The predicted molar refractivity (Wildman–Crippen MR) is 67.1 cm³/mol. The van der Waals surface area contributed by atoms with E-state index < -0.39 is 0 Å². The first-order valence-electron chi connectivity index (χ1n) is 5.75. The van der Waals surface area contributed by atoms with Crippen LogP contribution in [0, 0.1) is 0 Å². The highest BCUT2D eigenvalue weighted by molar-refractivity contribution is 5.93. The summed E-state index contributed by atoms with van der Waals surface area (Å²) in [6, 6.07) is 5.47. The van der Waals surface area contributed by atoms with Crippen molar-refractivity contribution in [3.05, 3.63) is 30.2 Å².